The first-order valence-corrected chi connectivity index (χ1v) is 5.52. The van der Waals surface area contributed by atoms with Crippen LogP contribution in [0.4, 0.5) is 0 Å². The third kappa shape index (κ3) is 8.26. The molecule has 0 amide bonds. The molecular formula is C11H26N2. The summed E-state index contributed by atoms with van der Waals surface area (Å²) in [6.45, 7) is 6.27. The SMILES string of the molecule is CC(C)(CCN)CCCCCCN. The average Bonchev–Trinajstić information content (AvgIpc) is 2.04. The number of hydrogen-bond donors (Lipinski definition) is 2. The molecule has 0 aromatic rings. The summed E-state index contributed by atoms with van der Waals surface area (Å²) in [5.41, 5.74) is 11.4. The summed E-state index contributed by atoms with van der Waals surface area (Å²) in [4.78, 5) is 0. The second-order valence-corrected chi connectivity index (χ2v) is 4.66. The summed E-state index contributed by atoms with van der Waals surface area (Å²) in [6.07, 6.45) is 7.56. The third-order valence-corrected chi connectivity index (χ3v) is 2.63. The first-order valence-electron chi connectivity index (χ1n) is 5.52. The van der Waals surface area contributed by atoms with Gasteiger partial charge in [-0.25, -0.2) is 0 Å². The van der Waals surface area contributed by atoms with Gasteiger partial charge in [-0.15, -0.1) is 0 Å². The Morgan fingerprint density at radius 1 is 0.769 bits per heavy atom. The van der Waals surface area contributed by atoms with Gasteiger partial charge in [0.1, 0.15) is 0 Å². The largest absolute Gasteiger partial charge is 0.330 e. The van der Waals surface area contributed by atoms with Crippen LogP contribution in [0.25, 0.3) is 0 Å². The van der Waals surface area contributed by atoms with E-state index in [2.05, 4.69) is 13.8 Å². The monoisotopic (exact) mass is 186 g/mol. The van der Waals surface area contributed by atoms with E-state index in [4.69, 9.17) is 11.5 Å². The Balaban J connectivity index is 3.29. The molecule has 2 nitrogen and oxygen atoms in total. The molecule has 80 valence electrons. The fraction of sp³-hybridized carbons (Fsp3) is 1.00. The number of rotatable bonds is 8. The van der Waals surface area contributed by atoms with Crippen molar-refractivity contribution < 1.29 is 0 Å². The fourth-order valence-electron chi connectivity index (χ4n) is 1.62. The minimum atomic E-state index is 0.442. The van der Waals surface area contributed by atoms with Crippen molar-refractivity contribution >= 4 is 0 Å². The number of unbranched alkanes of at least 4 members (excludes halogenated alkanes) is 3. The molecule has 0 aliphatic heterocycles. The van der Waals surface area contributed by atoms with E-state index in [9.17, 15) is 0 Å². The van der Waals surface area contributed by atoms with Crippen LogP contribution in [0.5, 0.6) is 0 Å². The van der Waals surface area contributed by atoms with E-state index in [1.54, 1.807) is 0 Å². The van der Waals surface area contributed by atoms with Gasteiger partial charge in [0.25, 0.3) is 0 Å². The third-order valence-electron chi connectivity index (χ3n) is 2.63. The molecule has 0 fully saturated rings. The molecule has 0 rings (SSSR count). The van der Waals surface area contributed by atoms with Crippen LogP contribution < -0.4 is 11.5 Å². The topological polar surface area (TPSA) is 52.0 Å². The van der Waals surface area contributed by atoms with Gasteiger partial charge < -0.3 is 11.5 Å². The van der Waals surface area contributed by atoms with Gasteiger partial charge in [-0.3, -0.25) is 0 Å². The lowest BCUT2D eigenvalue weighted by atomic mass is 9.84. The minimum absolute atomic E-state index is 0.442. The molecule has 4 N–H and O–H groups in total. The van der Waals surface area contributed by atoms with E-state index in [1.165, 1.54) is 32.1 Å². The van der Waals surface area contributed by atoms with Crippen molar-refractivity contribution in [1.82, 2.24) is 0 Å². The summed E-state index contributed by atoms with van der Waals surface area (Å²) in [5.74, 6) is 0. The van der Waals surface area contributed by atoms with Gasteiger partial charge in [0.15, 0.2) is 0 Å². The van der Waals surface area contributed by atoms with Crippen molar-refractivity contribution in [3.63, 3.8) is 0 Å². The van der Waals surface area contributed by atoms with Gasteiger partial charge in [-0.1, -0.05) is 33.1 Å². The smallest absolute Gasteiger partial charge is 0.00722 e. The van der Waals surface area contributed by atoms with Gasteiger partial charge in [-0.2, -0.15) is 0 Å². The van der Waals surface area contributed by atoms with Crippen LogP contribution in [-0.4, -0.2) is 13.1 Å². The van der Waals surface area contributed by atoms with E-state index in [0.717, 1.165) is 19.5 Å². The molecule has 0 radical (unpaired) electrons. The molecule has 13 heavy (non-hydrogen) atoms. The normalized spacial score (nSPS) is 12.0. The standard InChI is InChI=1S/C11H26N2/c1-11(2,8-10-13)7-5-3-4-6-9-12/h3-10,12-13H2,1-2H3. The summed E-state index contributed by atoms with van der Waals surface area (Å²) in [5, 5.41) is 0. The Morgan fingerprint density at radius 2 is 1.38 bits per heavy atom. The maximum atomic E-state index is 5.55. The molecular weight excluding hydrogens is 160 g/mol. The molecule has 0 aliphatic carbocycles. The van der Waals surface area contributed by atoms with Gasteiger partial charge in [0, 0.05) is 0 Å². The van der Waals surface area contributed by atoms with E-state index < -0.39 is 0 Å². The molecule has 0 aliphatic rings. The molecule has 0 heterocycles. The van der Waals surface area contributed by atoms with Crippen molar-refractivity contribution in [2.75, 3.05) is 13.1 Å². The van der Waals surface area contributed by atoms with Crippen molar-refractivity contribution in [3.8, 4) is 0 Å². The zero-order valence-electron chi connectivity index (χ0n) is 9.31. The molecule has 0 aromatic carbocycles. The molecule has 0 bridgehead atoms. The van der Waals surface area contributed by atoms with Crippen LogP contribution in [-0.2, 0) is 0 Å². The highest BCUT2D eigenvalue weighted by molar-refractivity contribution is 4.68. The molecule has 0 unspecified atom stereocenters. The summed E-state index contributed by atoms with van der Waals surface area (Å²) in [7, 11) is 0. The van der Waals surface area contributed by atoms with Gasteiger partial charge >= 0.3 is 0 Å². The van der Waals surface area contributed by atoms with Gasteiger partial charge in [0.05, 0.1) is 0 Å². The summed E-state index contributed by atoms with van der Waals surface area (Å²) >= 11 is 0. The maximum Gasteiger partial charge on any atom is -0.00722 e. The summed E-state index contributed by atoms with van der Waals surface area (Å²) in [6, 6.07) is 0. The maximum absolute atomic E-state index is 5.55. The van der Waals surface area contributed by atoms with Crippen LogP contribution in [0, 0.1) is 5.41 Å². The average molecular weight is 186 g/mol. The van der Waals surface area contributed by atoms with Crippen LogP contribution in [0.15, 0.2) is 0 Å². The predicted molar refractivity (Wildman–Crippen MR) is 59.6 cm³/mol. The molecule has 0 saturated carbocycles. The van der Waals surface area contributed by atoms with E-state index in [0.29, 0.717) is 5.41 Å². The molecule has 0 saturated heterocycles. The lowest BCUT2D eigenvalue weighted by Crippen LogP contribution is -2.16. The Morgan fingerprint density at radius 3 is 1.92 bits per heavy atom. The fourth-order valence-corrected chi connectivity index (χ4v) is 1.62. The Labute approximate surface area is 83.1 Å². The van der Waals surface area contributed by atoms with Gasteiger partial charge in [-0.05, 0) is 37.8 Å². The Bertz CT molecular complexity index is 111. The predicted octanol–water partition coefficient (Wildman–Crippen LogP) is 2.27. The highest BCUT2D eigenvalue weighted by Crippen LogP contribution is 2.26. The lowest BCUT2D eigenvalue weighted by Gasteiger charge is -2.23. The highest BCUT2D eigenvalue weighted by Gasteiger charge is 2.15. The van der Waals surface area contributed by atoms with E-state index in [1.807, 2.05) is 0 Å². The second kappa shape index (κ2) is 7.34. The van der Waals surface area contributed by atoms with Crippen LogP contribution in [0.2, 0.25) is 0 Å². The molecule has 2 heteroatoms. The zero-order valence-corrected chi connectivity index (χ0v) is 9.31. The molecule has 0 aromatic heterocycles. The lowest BCUT2D eigenvalue weighted by molar-refractivity contribution is 0.299. The first-order chi connectivity index (χ1) is 6.12. The first kappa shape index (κ1) is 12.9. The van der Waals surface area contributed by atoms with E-state index >= 15 is 0 Å². The van der Waals surface area contributed by atoms with Crippen molar-refractivity contribution in [2.45, 2.75) is 52.4 Å². The van der Waals surface area contributed by atoms with Crippen LogP contribution in [0.3, 0.4) is 0 Å². The van der Waals surface area contributed by atoms with Crippen LogP contribution in [0.1, 0.15) is 52.4 Å². The summed E-state index contributed by atoms with van der Waals surface area (Å²) < 4.78 is 0. The quantitative estimate of drug-likeness (QED) is 0.571. The van der Waals surface area contributed by atoms with Crippen molar-refractivity contribution in [1.29, 1.82) is 0 Å². The van der Waals surface area contributed by atoms with E-state index in [-0.39, 0.29) is 0 Å². The van der Waals surface area contributed by atoms with Crippen molar-refractivity contribution in [3.05, 3.63) is 0 Å². The van der Waals surface area contributed by atoms with Crippen LogP contribution >= 0.6 is 0 Å². The second-order valence-electron chi connectivity index (χ2n) is 4.66. The zero-order chi connectivity index (χ0) is 10.2. The molecule has 0 spiro atoms. The number of hydrogen-bond acceptors (Lipinski definition) is 2. The highest BCUT2D eigenvalue weighted by atomic mass is 14.5. The van der Waals surface area contributed by atoms with Gasteiger partial charge in [0.2, 0.25) is 0 Å². The molecule has 0 atom stereocenters. The Hall–Kier alpha value is -0.0800. The van der Waals surface area contributed by atoms with Crippen molar-refractivity contribution in [2.24, 2.45) is 16.9 Å². The Kier molecular flexibility index (Phi) is 7.29. The minimum Gasteiger partial charge on any atom is -0.330 e. The number of nitrogens with two attached hydrogens (primary N) is 2.